The lowest BCUT2D eigenvalue weighted by Gasteiger charge is -2.16. The maximum absolute atomic E-state index is 11.4. The summed E-state index contributed by atoms with van der Waals surface area (Å²) >= 11 is 0. The van der Waals surface area contributed by atoms with Gasteiger partial charge in [0.25, 0.3) is 0 Å². The standard InChI is InChI=1S/C8H16N2O3S/c1-10(8(11)7-3-4-7)6-5-9-14(2,12)13/h7,9H,3-6H2,1-2H3. The van der Waals surface area contributed by atoms with E-state index in [2.05, 4.69) is 4.72 Å². The minimum absolute atomic E-state index is 0.125. The van der Waals surface area contributed by atoms with Crippen LogP contribution in [0.3, 0.4) is 0 Å². The van der Waals surface area contributed by atoms with E-state index in [9.17, 15) is 13.2 Å². The van der Waals surface area contributed by atoms with Gasteiger partial charge in [-0.05, 0) is 12.8 Å². The van der Waals surface area contributed by atoms with E-state index in [0.29, 0.717) is 6.54 Å². The van der Waals surface area contributed by atoms with Gasteiger partial charge >= 0.3 is 0 Å². The second-order valence-electron chi connectivity index (χ2n) is 3.70. The molecule has 0 aromatic carbocycles. The van der Waals surface area contributed by atoms with Crippen molar-refractivity contribution in [3.63, 3.8) is 0 Å². The molecule has 14 heavy (non-hydrogen) atoms. The zero-order valence-electron chi connectivity index (χ0n) is 8.49. The zero-order chi connectivity index (χ0) is 10.8. The Balaban J connectivity index is 2.20. The zero-order valence-corrected chi connectivity index (χ0v) is 9.30. The average molecular weight is 220 g/mol. The van der Waals surface area contributed by atoms with E-state index in [-0.39, 0.29) is 18.4 Å². The minimum atomic E-state index is -3.14. The number of amides is 1. The van der Waals surface area contributed by atoms with Gasteiger partial charge in [0.05, 0.1) is 6.26 Å². The van der Waals surface area contributed by atoms with E-state index in [1.54, 1.807) is 11.9 Å². The van der Waals surface area contributed by atoms with Gasteiger partial charge in [0.1, 0.15) is 0 Å². The van der Waals surface area contributed by atoms with Crippen molar-refractivity contribution in [1.82, 2.24) is 9.62 Å². The number of hydrogen-bond donors (Lipinski definition) is 1. The Morgan fingerprint density at radius 3 is 2.50 bits per heavy atom. The summed E-state index contributed by atoms with van der Waals surface area (Å²) in [5, 5.41) is 0. The van der Waals surface area contributed by atoms with Gasteiger partial charge in [0, 0.05) is 26.1 Å². The first-order valence-electron chi connectivity index (χ1n) is 4.60. The lowest BCUT2D eigenvalue weighted by Crippen LogP contribution is -2.36. The van der Waals surface area contributed by atoms with Crippen LogP contribution in [-0.4, -0.2) is 45.6 Å². The Kier molecular flexibility index (Phi) is 3.49. The van der Waals surface area contributed by atoms with E-state index in [1.807, 2.05) is 0 Å². The number of carbonyl (C=O) groups is 1. The predicted molar refractivity (Wildman–Crippen MR) is 53.2 cm³/mol. The van der Waals surface area contributed by atoms with Crippen LogP contribution in [0.5, 0.6) is 0 Å². The number of likely N-dealkylation sites (N-methyl/N-ethyl adjacent to an activating group) is 1. The van der Waals surface area contributed by atoms with Crippen LogP contribution in [0, 0.1) is 5.92 Å². The molecule has 1 rings (SSSR count). The lowest BCUT2D eigenvalue weighted by molar-refractivity contribution is -0.131. The highest BCUT2D eigenvalue weighted by molar-refractivity contribution is 7.88. The normalized spacial score (nSPS) is 16.7. The second-order valence-corrected chi connectivity index (χ2v) is 5.53. The second kappa shape index (κ2) is 4.27. The largest absolute Gasteiger partial charge is 0.344 e. The van der Waals surface area contributed by atoms with Crippen molar-refractivity contribution in [1.29, 1.82) is 0 Å². The SMILES string of the molecule is CN(CCNS(C)(=O)=O)C(=O)C1CC1. The van der Waals surface area contributed by atoms with Gasteiger partial charge in [-0.25, -0.2) is 13.1 Å². The fraction of sp³-hybridized carbons (Fsp3) is 0.875. The Labute approximate surface area is 84.5 Å². The molecule has 1 fully saturated rings. The summed E-state index contributed by atoms with van der Waals surface area (Å²) in [5.41, 5.74) is 0. The van der Waals surface area contributed by atoms with Crippen LogP contribution >= 0.6 is 0 Å². The molecular formula is C8H16N2O3S. The van der Waals surface area contributed by atoms with E-state index < -0.39 is 10.0 Å². The third-order valence-corrected chi connectivity index (χ3v) is 2.84. The highest BCUT2D eigenvalue weighted by Crippen LogP contribution is 2.30. The van der Waals surface area contributed by atoms with Crippen molar-refractivity contribution in [2.45, 2.75) is 12.8 Å². The van der Waals surface area contributed by atoms with Crippen LogP contribution in [0.1, 0.15) is 12.8 Å². The van der Waals surface area contributed by atoms with Crippen LogP contribution < -0.4 is 4.72 Å². The molecule has 0 unspecified atom stereocenters. The Morgan fingerprint density at radius 1 is 1.50 bits per heavy atom. The molecule has 1 aliphatic rings. The molecule has 1 amide bonds. The van der Waals surface area contributed by atoms with Gasteiger partial charge < -0.3 is 4.90 Å². The maximum Gasteiger partial charge on any atom is 0.225 e. The summed E-state index contributed by atoms with van der Waals surface area (Å²) in [5.74, 6) is 0.318. The molecule has 0 saturated heterocycles. The third kappa shape index (κ3) is 4.06. The smallest absolute Gasteiger partial charge is 0.225 e. The fourth-order valence-corrected chi connectivity index (χ4v) is 1.61. The molecule has 0 atom stereocenters. The Bertz CT molecular complexity index is 309. The molecule has 1 saturated carbocycles. The number of hydrogen-bond acceptors (Lipinski definition) is 3. The monoisotopic (exact) mass is 220 g/mol. The first kappa shape index (κ1) is 11.5. The number of rotatable bonds is 5. The van der Waals surface area contributed by atoms with Crippen LogP contribution in [0.4, 0.5) is 0 Å². The minimum Gasteiger partial charge on any atom is -0.344 e. The summed E-state index contributed by atoms with van der Waals surface area (Å²) < 4.78 is 23.8. The third-order valence-electron chi connectivity index (χ3n) is 2.11. The van der Waals surface area contributed by atoms with Gasteiger partial charge in [-0.15, -0.1) is 0 Å². The number of sulfonamides is 1. The van der Waals surface area contributed by atoms with Crippen molar-refractivity contribution < 1.29 is 13.2 Å². The van der Waals surface area contributed by atoms with Crippen molar-refractivity contribution >= 4 is 15.9 Å². The molecule has 0 aliphatic heterocycles. The molecular weight excluding hydrogens is 204 g/mol. The van der Waals surface area contributed by atoms with E-state index in [0.717, 1.165) is 19.1 Å². The van der Waals surface area contributed by atoms with Gasteiger partial charge in [-0.2, -0.15) is 0 Å². The summed E-state index contributed by atoms with van der Waals surface area (Å²) in [6.45, 7) is 0.718. The summed E-state index contributed by atoms with van der Waals surface area (Å²) in [7, 11) is -1.44. The average Bonchev–Trinajstić information content (AvgIpc) is 2.82. The van der Waals surface area contributed by atoms with E-state index in [1.165, 1.54) is 0 Å². The van der Waals surface area contributed by atoms with Gasteiger partial charge in [-0.3, -0.25) is 4.79 Å². The van der Waals surface area contributed by atoms with Gasteiger partial charge in [0.2, 0.25) is 15.9 Å². The summed E-state index contributed by atoms with van der Waals surface area (Å²) in [4.78, 5) is 13.0. The molecule has 0 bridgehead atoms. The molecule has 0 aromatic heterocycles. The van der Waals surface area contributed by atoms with Crippen LogP contribution in [0.25, 0.3) is 0 Å². The van der Waals surface area contributed by atoms with Crippen molar-refractivity contribution in [2.75, 3.05) is 26.4 Å². The quantitative estimate of drug-likeness (QED) is 0.673. The van der Waals surface area contributed by atoms with Crippen molar-refractivity contribution in [3.05, 3.63) is 0 Å². The molecule has 0 spiro atoms. The fourth-order valence-electron chi connectivity index (χ4n) is 1.15. The number of nitrogens with one attached hydrogen (secondary N) is 1. The van der Waals surface area contributed by atoms with Crippen LogP contribution in [0.15, 0.2) is 0 Å². The first-order chi connectivity index (χ1) is 6.40. The number of nitrogens with zero attached hydrogens (tertiary/aromatic N) is 1. The molecule has 0 radical (unpaired) electrons. The van der Waals surface area contributed by atoms with Crippen LogP contribution in [-0.2, 0) is 14.8 Å². The Hall–Kier alpha value is -0.620. The van der Waals surface area contributed by atoms with Crippen molar-refractivity contribution in [3.8, 4) is 0 Å². The molecule has 6 heteroatoms. The topological polar surface area (TPSA) is 66.5 Å². The Morgan fingerprint density at radius 2 is 2.07 bits per heavy atom. The molecule has 0 heterocycles. The molecule has 82 valence electrons. The highest BCUT2D eigenvalue weighted by Gasteiger charge is 2.31. The number of carbonyl (C=O) groups excluding carboxylic acids is 1. The molecule has 1 aliphatic carbocycles. The maximum atomic E-state index is 11.4. The molecule has 0 aromatic rings. The van der Waals surface area contributed by atoms with E-state index >= 15 is 0 Å². The molecule has 1 N–H and O–H groups in total. The predicted octanol–water partition coefficient (Wildman–Crippen LogP) is -0.596. The first-order valence-corrected chi connectivity index (χ1v) is 6.49. The lowest BCUT2D eigenvalue weighted by atomic mass is 10.3. The molecule has 5 nitrogen and oxygen atoms in total. The van der Waals surface area contributed by atoms with Crippen LogP contribution in [0.2, 0.25) is 0 Å². The van der Waals surface area contributed by atoms with E-state index in [4.69, 9.17) is 0 Å². The van der Waals surface area contributed by atoms with Gasteiger partial charge in [-0.1, -0.05) is 0 Å². The summed E-state index contributed by atoms with van der Waals surface area (Å²) in [6.07, 6.45) is 3.06. The van der Waals surface area contributed by atoms with Crippen molar-refractivity contribution in [2.24, 2.45) is 5.92 Å². The van der Waals surface area contributed by atoms with Gasteiger partial charge in [0.15, 0.2) is 0 Å². The highest BCUT2D eigenvalue weighted by atomic mass is 32.2. The summed E-state index contributed by atoms with van der Waals surface area (Å²) in [6, 6.07) is 0.